The number of benzene rings is 1. The summed E-state index contributed by atoms with van der Waals surface area (Å²) in [6.45, 7) is 1.98. The summed E-state index contributed by atoms with van der Waals surface area (Å²) in [5.41, 5.74) is 6.21. The number of halogens is 2. The summed E-state index contributed by atoms with van der Waals surface area (Å²) in [6, 6.07) is 4.86. The van der Waals surface area contributed by atoms with E-state index >= 15 is 0 Å². The monoisotopic (exact) mass is 419 g/mol. The molecule has 0 radical (unpaired) electrons. The number of amides is 1. The van der Waals surface area contributed by atoms with E-state index in [4.69, 9.17) is 14.9 Å². The third kappa shape index (κ3) is 3.40. The lowest BCUT2D eigenvalue weighted by molar-refractivity contribution is -0.143. The maximum absolute atomic E-state index is 13.9. The van der Waals surface area contributed by atoms with Crippen molar-refractivity contribution in [3.8, 4) is 0 Å². The average molecular weight is 419 g/mol. The topological polar surface area (TPSA) is 82.5 Å². The number of hydrogen-bond acceptors (Lipinski definition) is 4. The first-order chi connectivity index (χ1) is 10.5. The van der Waals surface area contributed by atoms with Gasteiger partial charge in [0, 0.05) is 34.6 Å². The Labute approximate surface area is 140 Å². The second-order valence-electron chi connectivity index (χ2n) is 4.71. The van der Waals surface area contributed by atoms with Gasteiger partial charge in [-0.25, -0.2) is 4.39 Å². The molecule has 7 heteroatoms. The molecule has 1 aromatic heterocycles. The predicted octanol–water partition coefficient (Wildman–Crippen LogP) is 3.09. The highest BCUT2D eigenvalue weighted by molar-refractivity contribution is 14.1. The minimum atomic E-state index is -0.741. The van der Waals surface area contributed by atoms with Crippen molar-refractivity contribution < 1.29 is 23.1 Å². The molecule has 1 unspecified atom stereocenters. The Morgan fingerprint density at radius 1 is 1.45 bits per heavy atom. The van der Waals surface area contributed by atoms with Crippen molar-refractivity contribution >= 4 is 45.4 Å². The summed E-state index contributed by atoms with van der Waals surface area (Å²) in [6.07, 6.45) is 0.240. The molecule has 1 atom stereocenters. The molecule has 118 valence electrons. The number of furan rings is 1. The molecule has 22 heavy (non-hydrogen) atoms. The van der Waals surface area contributed by atoms with E-state index in [-0.39, 0.29) is 28.8 Å². The van der Waals surface area contributed by atoms with Gasteiger partial charge >= 0.3 is 5.97 Å². The lowest BCUT2D eigenvalue weighted by Crippen LogP contribution is -2.22. The molecule has 2 aromatic rings. The summed E-state index contributed by atoms with van der Waals surface area (Å²) < 4.78 is 24.3. The second-order valence-corrected chi connectivity index (χ2v) is 5.69. The molecule has 0 saturated carbocycles. The van der Waals surface area contributed by atoms with E-state index < -0.39 is 23.6 Å². The highest BCUT2D eigenvalue weighted by atomic mass is 127. The molecule has 1 amide bonds. The quantitative estimate of drug-likeness (QED) is 0.577. The van der Waals surface area contributed by atoms with Gasteiger partial charge in [0.2, 0.25) is 9.67 Å². The zero-order valence-electron chi connectivity index (χ0n) is 11.9. The van der Waals surface area contributed by atoms with E-state index in [2.05, 4.69) is 0 Å². The number of fused-ring (bicyclic) bond motifs is 1. The van der Waals surface area contributed by atoms with Crippen LogP contribution in [-0.4, -0.2) is 18.5 Å². The fourth-order valence-corrected chi connectivity index (χ4v) is 2.81. The third-order valence-electron chi connectivity index (χ3n) is 3.31. The van der Waals surface area contributed by atoms with Crippen LogP contribution >= 0.6 is 22.6 Å². The minimum Gasteiger partial charge on any atom is -0.466 e. The summed E-state index contributed by atoms with van der Waals surface area (Å²) >= 11 is 1.75. The first-order valence-electron chi connectivity index (χ1n) is 6.77. The molecule has 5 nitrogen and oxygen atoms in total. The van der Waals surface area contributed by atoms with Crippen molar-refractivity contribution in [1.82, 2.24) is 0 Å². The SMILES string of the molecule is CCOC(=O)CCC(C(N)=O)c1cccc2c(F)c(I)oc12. The number of ether oxygens (including phenoxy) is 1. The van der Waals surface area contributed by atoms with Crippen LogP contribution in [0, 0.1) is 9.58 Å². The lowest BCUT2D eigenvalue weighted by atomic mass is 9.92. The predicted molar refractivity (Wildman–Crippen MR) is 86.7 cm³/mol. The molecular formula is C15H15FINO4. The summed E-state index contributed by atoms with van der Waals surface area (Å²) in [7, 11) is 0. The smallest absolute Gasteiger partial charge is 0.305 e. The molecule has 1 aromatic carbocycles. The Kier molecular flexibility index (Phi) is 5.38. The number of esters is 1. The second kappa shape index (κ2) is 7.08. The summed E-state index contributed by atoms with van der Waals surface area (Å²) in [4.78, 5) is 23.2. The van der Waals surface area contributed by atoms with E-state index in [1.165, 1.54) is 0 Å². The van der Waals surface area contributed by atoms with Crippen LogP contribution in [0.1, 0.15) is 31.2 Å². The van der Waals surface area contributed by atoms with Gasteiger partial charge in [-0.1, -0.05) is 12.1 Å². The number of nitrogens with two attached hydrogens (primary N) is 1. The van der Waals surface area contributed by atoms with Crippen LogP contribution in [0.25, 0.3) is 11.0 Å². The minimum absolute atomic E-state index is 0.0537. The van der Waals surface area contributed by atoms with Gasteiger partial charge in [-0.15, -0.1) is 0 Å². The summed E-state index contributed by atoms with van der Waals surface area (Å²) in [5.74, 6) is -2.20. The van der Waals surface area contributed by atoms with Crippen LogP contribution in [0.15, 0.2) is 22.6 Å². The maximum atomic E-state index is 13.9. The van der Waals surface area contributed by atoms with E-state index in [0.717, 1.165) is 0 Å². The Balaban J connectivity index is 2.35. The van der Waals surface area contributed by atoms with Gasteiger partial charge in [0.1, 0.15) is 5.58 Å². The van der Waals surface area contributed by atoms with Gasteiger partial charge in [-0.05, 0) is 19.4 Å². The Morgan fingerprint density at radius 3 is 2.82 bits per heavy atom. The van der Waals surface area contributed by atoms with Crippen LogP contribution in [0.5, 0.6) is 0 Å². The fourth-order valence-electron chi connectivity index (χ4n) is 2.30. The summed E-state index contributed by atoms with van der Waals surface area (Å²) in [5, 5.41) is 0.296. The van der Waals surface area contributed by atoms with Crippen LogP contribution in [0.4, 0.5) is 4.39 Å². The van der Waals surface area contributed by atoms with Crippen LogP contribution in [0.2, 0.25) is 0 Å². The lowest BCUT2D eigenvalue weighted by Gasteiger charge is -2.13. The Bertz CT molecular complexity index is 713. The normalized spacial score (nSPS) is 12.3. The third-order valence-corrected chi connectivity index (χ3v) is 4.00. The van der Waals surface area contributed by atoms with Gasteiger partial charge in [0.15, 0.2) is 5.82 Å². The molecule has 1 heterocycles. The number of primary amides is 1. The number of carbonyl (C=O) groups excluding carboxylic acids is 2. The van der Waals surface area contributed by atoms with Crippen molar-refractivity contribution in [3.05, 3.63) is 33.3 Å². The number of hydrogen-bond donors (Lipinski definition) is 1. The molecule has 2 N–H and O–H groups in total. The van der Waals surface area contributed by atoms with Gasteiger partial charge in [0.05, 0.1) is 17.9 Å². The molecule has 0 spiro atoms. The van der Waals surface area contributed by atoms with E-state index in [0.29, 0.717) is 10.9 Å². The Morgan fingerprint density at radius 2 is 2.18 bits per heavy atom. The van der Waals surface area contributed by atoms with Gasteiger partial charge in [0.25, 0.3) is 0 Å². The molecule has 0 aliphatic carbocycles. The van der Waals surface area contributed by atoms with E-state index in [9.17, 15) is 14.0 Å². The number of carbonyl (C=O) groups is 2. The first kappa shape index (κ1) is 16.7. The number of rotatable bonds is 6. The zero-order chi connectivity index (χ0) is 16.3. The fraction of sp³-hybridized carbons (Fsp3) is 0.333. The molecule has 0 fully saturated rings. The van der Waals surface area contributed by atoms with Crippen LogP contribution in [-0.2, 0) is 14.3 Å². The van der Waals surface area contributed by atoms with Crippen molar-refractivity contribution in [2.75, 3.05) is 6.61 Å². The number of para-hydroxylation sites is 1. The van der Waals surface area contributed by atoms with Crippen LogP contribution in [0.3, 0.4) is 0 Å². The van der Waals surface area contributed by atoms with Gasteiger partial charge in [-0.2, -0.15) is 0 Å². The Hall–Kier alpha value is -1.64. The van der Waals surface area contributed by atoms with Crippen LogP contribution < -0.4 is 5.73 Å². The molecule has 0 aliphatic rings. The molecule has 0 bridgehead atoms. The highest BCUT2D eigenvalue weighted by Crippen LogP contribution is 2.33. The van der Waals surface area contributed by atoms with Crippen molar-refractivity contribution in [2.45, 2.75) is 25.7 Å². The van der Waals surface area contributed by atoms with Crippen molar-refractivity contribution in [1.29, 1.82) is 0 Å². The highest BCUT2D eigenvalue weighted by Gasteiger charge is 2.25. The van der Waals surface area contributed by atoms with E-state index in [1.54, 1.807) is 47.7 Å². The van der Waals surface area contributed by atoms with Crippen molar-refractivity contribution in [3.63, 3.8) is 0 Å². The molecular weight excluding hydrogens is 404 g/mol. The zero-order valence-corrected chi connectivity index (χ0v) is 14.1. The molecule has 0 saturated heterocycles. The molecule has 0 aliphatic heterocycles. The van der Waals surface area contributed by atoms with Gasteiger partial charge in [-0.3, -0.25) is 9.59 Å². The largest absolute Gasteiger partial charge is 0.466 e. The van der Waals surface area contributed by atoms with Gasteiger partial charge < -0.3 is 14.9 Å². The van der Waals surface area contributed by atoms with Crippen molar-refractivity contribution in [2.24, 2.45) is 5.73 Å². The van der Waals surface area contributed by atoms with E-state index in [1.807, 2.05) is 0 Å². The standard InChI is InChI=1S/C15H15FINO4/c1-2-21-11(19)7-6-9(15(18)20)8-4-3-5-10-12(16)14(17)22-13(8)10/h3-5,9H,2,6-7H2,1H3,(H2,18,20). The maximum Gasteiger partial charge on any atom is 0.305 e. The molecule has 2 rings (SSSR count). The first-order valence-corrected chi connectivity index (χ1v) is 7.84. The average Bonchev–Trinajstić information content (AvgIpc) is 2.75.